The van der Waals surface area contributed by atoms with Crippen molar-refractivity contribution in [2.24, 2.45) is 0 Å². The van der Waals surface area contributed by atoms with Crippen molar-refractivity contribution in [2.45, 2.75) is 32.0 Å². The second kappa shape index (κ2) is 4.53. The third kappa shape index (κ3) is 3.27. The lowest BCUT2D eigenvalue weighted by Crippen LogP contribution is -2.22. The average molecular weight is 130 g/mol. The molecular formula is C7H14O2. The van der Waals surface area contributed by atoms with Gasteiger partial charge in [-0.3, -0.25) is 0 Å². The van der Waals surface area contributed by atoms with E-state index < -0.39 is 12.2 Å². The van der Waals surface area contributed by atoms with E-state index in [1.807, 2.05) is 6.92 Å². The second-order valence-electron chi connectivity index (χ2n) is 2.08. The summed E-state index contributed by atoms with van der Waals surface area (Å²) in [5.74, 6) is 0. The van der Waals surface area contributed by atoms with Crippen LogP contribution in [0.1, 0.15) is 19.8 Å². The molecule has 0 aromatic rings. The van der Waals surface area contributed by atoms with Crippen LogP contribution in [-0.2, 0) is 0 Å². The summed E-state index contributed by atoms with van der Waals surface area (Å²) in [6.45, 7) is 5.31. The molecule has 0 rings (SSSR count). The summed E-state index contributed by atoms with van der Waals surface area (Å²) < 4.78 is 0. The summed E-state index contributed by atoms with van der Waals surface area (Å²) >= 11 is 0. The lowest BCUT2D eigenvalue weighted by Gasteiger charge is -2.11. The van der Waals surface area contributed by atoms with E-state index in [-0.39, 0.29) is 0 Å². The van der Waals surface area contributed by atoms with Crippen LogP contribution in [0, 0.1) is 0 Å². The van der Waals surface area contributed by atoms with Crippen molar-refractivity contribution in [2.75, 3.05) is 0 Å². The average Bonchev–Trinajstić information content (AvgIpc) is 1.87. The Morgan fingerprint density at radius 3 is 2.44 bits per heavy atom. The molecular weight excluding hydrogens is 116 g/mol. The minimum atomic E-state index is -0.759. The van der Waals surface area contributed by atoms with Crippen molar-refractivity contribution in [3.63, 3.8) is 0 Å². The SMILES string of the molecule is C=CC(O)[C@@H](O)CCC. The van der Waals surface area contributed by atoms with Crippen LogP contribution in [0.3, 0.4) is 0 Å². The first-order valence-electron chi connectivity index (χ1n) is 3.21. The van der Waals surface area contributed by atoms with E-state index in [0.717, 1.165) is 6.42 Å². The predicted molar refractivity (Wildman–Crippen MR) is 37.1 cm³/mol. The molecule has 0 aliphatic rings. The van der Waals surface area contributed by atoms with E-state index in [1.165, 1.54) is 6.08 Å². The summed E-state index contributed by atoms with van der Waals surface area (Å²) in [6.07, 6.45) is 1.47. The zero-order chi connectivity index (χ0) is 7.28. The van der Waals surface area contributed by atoms with Gasteiger partial charge in [-0.2, -0.15) is 0 Å². The molecule has 2 heteroatoms. The standard InChI is InChI=1S/C7H14O2/c1-3-5-7(9)6(8)4-2/h4,6-9H,2-3,5H2,1H3/t6?,7-/m0/s1. The van der Waals surface area contributed by atoms with E-state index in [0.29, 0.717) is 6.42 Å². The molecule has 2 nitrogen and oxygen atoms in total. The van der Waals surface area contributed by atoms with Crippen LogP contribution < -0.4 is 0 Å². The topological polar surface area (TPSA) is 40.5 Å². The van der Waals surface area contributed by atoms with Gasteiger partial charge >= 0.3 is 0 Å². The fraction of sp³-hybridized carbons (Fsp3) is 0.714. The second-order valence-corrected chi connectivity index (χ2v) is 2.08. The van der Waals surface area contributed by atoms with E-state index in [4.69, 9.17) is 10.2 Å². The van der Waals surface area contributed by atoms with Gasteiger partial charge in [0.05, 0.1) is 12.2 Å². The summed E-state index contributed by atoms with van der Waals surface area (Å²) in [4.78, 5) is 0. The lowest BCUT2D eigenvalue weighted by atomic mass is 10.1. The quantitative estimate of drug-likeness (QED) is 0.550. The third-order valence-corrected chi connectivity index (χ3v) is 1.22. The normalized spacial score (nSPS) is 16.8. The molecule has 0 fully saturated rings. The van der Waals surface area contributed by atoms with Crippen LogP contribution in [0.4, 0.5) is 0 Å². The molecule has 0 spiro atoms. The Morgan fingerprint density at radius 1 is 1.56 bits per heavy atom. The largest absolute Gasteiger partial charge is 0.390 e. The number of aliphatic hydroxyl groups is 2. The highest BCUT2D eigenvalue weighted by Gasteiger charge is 2.09. The van der Waals surface area contributed by atoms with Gasteiger partial charge in [0.2, 0.25) is 0 Å². The van der Waals surface area contributed by atoms with Crippen molar-refractivity contribution < 1.29 is 10.2 Å². The molecule has 0 saturated heterocycles. The van der Waals surface area contributed by atoms with Gasteiger partial charge in [0.1, 0.15) is 0 Å². The van der Waals surface area contributed by atoms with Crippen LogP contribution in [0.25, 0.3) is 0 Å². The van der Waals surface area contributed by atoms with Crippen LogP contribution in [0.5, 0.6) is 0 Å². The van der Waals surface area contributed by atoms with Gasteiger partial charge in [0.15, 0.2) is 0 Å². The highest BCUT2D eigenvalue weighted by molar-refractivity contribution is 4.83. The number of hydrogen-bond acceptors (Lipinski definition) is 2. The summed E-state index contributed by atoms with van der Waals surface area (Å²) in [5, 5.41) is 17.9. The highest BCUT2D eigenvalue weighted by Crippen LogP contribution is 2.01. The van der Waals surface area contributed by atoms with E-state index >= 15 is 0 Å². The van der Waals surface area contributed by atoms with Crippen LogP contribution >= 0.6 is 0 Å². The number of rotatable bonds is 4. The maximum absolute atomic E-state index is 9.00. The Hall–Kier alpha value is -0.340. The Bertz CT molecular complexity index is 81.0. The number of aliphatic hydroxyl groups excluding tert-OH is 2. The molecule has 0 aromatic heterocycles. The van der Waals surface area contributed by atoms with Crippen molar-refractivity contribution in [3.05, 3.63) is 12.7 Å². The van der Waals surface area contributed by atoms with Crippen molar-refractivity contribution >= 4 is 0 Å². The predicted octanol–water partition coefficient (Wildman–Crippen LogP) is 0.694. The summed E-state index contributed by atoms with van der Waals surface area (Å²) in [6, 6.07) is 0. The molecule has 9 heavy (non-hydrogen) atoms. The molecule has 1 unspecified atom stereocenters. The minimum absolute atomic E-state index is 0.632. The molecule has 0 aliphatic heterocycles. The molecule has 0 aromatic carbocycles. The van der Waals surface area contributed by atoms with Gasteiger partial charge in [0, 0.05) is 0 Å². The van der Waals surface area contributed by atoms with Crippen LogP contribution in [-0.4, -0.2) is 22.4 Å². The van der Waals surface area contributed by atoms with E-state index in [9.17, 15) is 0 Å². The molecule has 0 radical (unpaired) electrons. The van der Waals surface area contributed by atoms with Crippen LogP contribution in [0.15, 0.2) is 12.7 Å². The molecule has 0 bridgehead atoms. The first kappa shape index (κ1) is 8.66. The van der Waals surface area contributed by atoms with Crippen molar-refractivity contribution in [3.8, 4) is 0 Å². The fourth-order valence-corrected chi connectivity index (χ4v) is 0.624. The van der Waals surface area contributed by atoms with Gasteiger partial charge < -0.3 is 10.2 Å². The minimum Gasteiger partial charge on any atom is -0.390 e. The van der Waals surface area contributed by atoms with Gasteiger partial charge in [-0.25, -0.2) is 0 Å². The molecule has 2 N–H and O–H groups in total. The maximum atomic E-state index is 9.00. The van der Waals surface area contributed by atoms with E-state index in [1.54, 1.807) is 0 Å². The Kier molecular flexibility index (Phi) is 4.36. The van der Waals surface area contributed by atoms with Crippen molar-refractivity contribution in [1.82, 2.24) is 0 Å². The van der Waals surface area contributed by atoms with Gasteiger partial charge in [0.25, 0.3) is 0 Å². The summed E-state index contributed by atoms with van der Waals surface area (Å²) in [7, 11) is 0. The van der Waals surface area contributed by atoms with Gasteiger partial charge in [-0.05, 0) is 6.42 Å². The first-order chi connectivity index (χ1) is 4.22. The Balaban J connectivity index is 3.44. The first-order valence-corrected chi connectivity index (χ1v) is 3.21. The monoisotopic (exact) mass is 130 g/mol. The molecule has 2 atom stereocenters. The van der Waals surface area contributed by atoms with Crippen LogP contribution in [0.2, 0.25) is 0 Å². The summed E-state index contributed by atoms with van der Waals surface area (Å²) in [5.41, 5.74) is 0. The van der Waals surface area contributed by atoms with Gasteiger partial charge in [-0.15, -0.1) is 6.58 Å². The highest BCUT2D eigenvalue weighted by atomic mass is 16.3. The lowest BCUT2D eigenvalue weighted by molar-refractivity contribution is 0.0430. The number of hydrogen-bond donors (Lipinski definition) is 2. The fourth-order valence-electron chi connectivity index (χ4n) is 0.624. The Labute approximate surface area is 55.8 Å². The van der Waals surface area contributed by atoms with Gasteiger partial charge in [-0.1, -0.05) is 19.4 Å². The molecule has 0 aliphatic carbocycles. The molecule has 0 heterocycles. The third-order valence-electron chi connectivity index (χ3n) is 1.22. The smallest absolute Gasteiger partial charge is 0.0977 e. The zero-order valence-electron chi connectivity index (χ0n) is 5.75. The Morgan fingerprint density at radius 2 is 2.11 bits per heavy atom. The zero-order valence-corrected chi connectivity index (χ0v) is 5.75. The molecule has 54 valence electrons. The molecule has 0 amide bonds. The van der Waals surface area contributed by atoms with Crippen molar-refractivity contribution in [1.29, 1.82) is 0 Å². The van der Waals surface area contributed by atoms with E-state index in [2.05, 4.69) is 6.58 Å². The maximum Gasteiger partial charge on any atom is 0.0977 e. The molecule has 0 saturated carbocycles.